The second kappa shape index (κ2) is 4.40. The Kier molecular flexibility index (Phi) is 2.97. The summed E-state index contributed by atoms with van der Waals surface area (Å²) in [5, 5.41) is 0. The summed E-state index contributed by atoms with van der Waals surface area (Å²) in [6, 6.07) is 0. The molecule has 5 aliphatic rings. The molecule has 0 aromatic rings. The zero-order valence-corrected chi connectivity index (χ0v) is 12.4. The van der Waals surface area contributed by atoms with E-state index in [2.05, 4.69) is 0 Å². The first kappa shape index (κ1) is 13.5. The van der Waals surface area contributed by atoms with Crippen LogP contribution in [0.5, 0.6) is 0 Å². The van der Waals surface area contributed by atoms with Crippen LogP contribution in [0.4, 0.5) is 4.39 Å². The second-order valence-corrected chi connectivity index (χ2v) is 7.17. The van der Waals surface area contributed by atoms with Crippen molar-refractivity contribution in [2.45, 2.75) is 69.6 Å². The maximum Gasteiger partial charge on any atom is 0.187 e. The molecule has 5 rings (SSSR count). The van der Waals surface area contributed by atoms with Crippen LogP contribution in [-0.2, 0) is 14.2 Å². The molecule has 0 aromatic carbocycles. The molecular weight excluding hydrogens is 259 g/mol. The number of halogens is 1. The van der Waals surface area contributed by atoms with Crippen molar-refractivity contribution in [3.63, 3.8) is 0 Å². The van der Waals surface area contributed by atoms with E-state index in [1.165, 1.54) is 0 Å². The molecule has 114 valence electrons. The van der Waals surface area contributed by atoms with Crippen molar-refractivity contribution in [1.29, 1.82) is 0 Å². The Bertz CT molecular complexity index is 383. The summed E-state index contributed by atoms with van der Waals surface area (Å²) < 4.78 is 32.7. The maximum atomic E-state index is 14.8. The van der Waals surface area contributed by atoms with E-state index in [4.69, 9.17) is 14.2 Å². The zero-order chi connectivity index (χ0) is 14.0. The summed E-state index contributed by atoms with van der Waals surface area (Å²) in [4.78, 5) is 0. The molecular formula is C16H25FO3. The van der Waals surface area contributed by atoms with Gasteiger partial charge in [0.05, 0.1) is 0 Å². The molecule has 5 fully saturated rings. The molecule has 0 aromatic heterocycles. The summed E-state index contributed by atoms with van der Waals surface area (Å²) in [5.41, 5.74) is -1.17. The Labute approximate surface area is 120 Å². The third-order valence-corrected chi connectivity index (χ3v) is 6.08. The highest BCUT2D eigenvalue weighted by Gasteiger charge is 2.72. The van der Waals surface area contributed by atoms with Crippen LogP contribution in [0, 0.1) is 17.8 Å². The summed E-state index contributed by atoms with van der Waals surface area (Å²) >= 11 is 0. The van der Waals surface area contributed by atoms with Gasteiger partial charge < -0.3 is 14.2 Å². The first-order valence-corrected chi connectivity index (χ1v) is 8.21. The lowest BCUT2D eigenvalue weighted by Gasteiger charge is -2.69. The minimum absolute atomic E-state index is 0.00560. The van der Waals surface area contributed by atoms with Gasteiger partial charge in [-0.05, 0) is 63.7 Å². The van der Waals surface area contributed by atoms with Gasteiger partial charge in [0.15, 0.2) is 6.29 Å². The second-order valence-electron chi connectivity index (χ2n) is 7.17. The van der Waals surface area contributed by atoms with Crippen molar-refractivity contribution in [3.05, 3.63) is 0 Å². The Morgan fingerprint density at radius 2 is 1.70 bits per heavy atom. The Morgan fingerprint density at radius 3 is 2.25 bits per heavy atom. The van der Waals surface area contributed by atoms with Crippen molar-refractivity contribution in [2.24, 2.45) is 17.8 Å². The van der Waals surface area contributed by atoms with Crippen LogP contribution >= 0.6 is 0 Å². The fraction of sp³-hybridized carbons (Fsp3) is 1.00. The van der Waals surface area contributed by atoms with Gasteiger partial charge in [-0.3, -0.25) is 0 Å². The van der Waals surface area contributed by atoms with Gasteiger partial charge in [0, 0.05) is 13.2 Å². The first-order chi connectivity index (χ1) is 9.61. The van der Waals surface area contributed by atoms with Crippen LogP contribution in [0.25, 0.3) is 0 Å². The number of alkyl halides is 1. The van der Waals surface area contributed by atoms with Gasteiger partial charge in [0.2, 0.25) is 0 Å². The van der Waals surface area contributed by atoms with Crippen molar-refractivity contribution in [2.75, 3.05) is 13.2 Å². The molecule has 4 heteroatoms. The van der Waals surface area contributed by atoms with Gasteiger partial charge in [-0.25, -0.2) is 4.39 Å². The molecule has 4 aliphatic carbocycles. The minimum atomic E-state index is -0.918. The third-order valence-electron chi connectivity index (χ3n) is 6.08. The van der Waals surface area contributed by atoms with Gasteiger partial charge in [0.1, 0.15) is 17.4 Å². The van der Waals surface area contributed by atoms with Gasteiger partial charge in [-0.15, -0.1) is 0 Å². The highest BCUT2D eigenvalue weighted by Crippen LogP contribution is 2.66. The average molecular weight is 284 g/mol. The van der Waals surface area contributed by atoms with Crippen molar-refractivity contribution >= 4 is 0 Å². The van der Waals surface area contributed by atoms with Crippen LogP contribution in [0.15, 0.2) is 0 Å². The Balaban J connectivity index is 1.61. The van der Waals surface area contributed by atoms with E-state index in [1.807, 2.05) is 13.8 Å². The molecule has 20 heavy (non-hydrogen) atoms. The maximum absolute atomic E-state index is 14.8. The van der Waals surface area contributed by atoms with Crippen LogP contribution in [0.3, 0.4) is 0 Å². The number of hydrogen-bond acceptors (Lipinski definition) is 3. The summed E-state index contributed by atoms with van der Waals surface area (Å²) in [6.07, 6.45) is 4.11. The van der Waals surface area contributed by atoms with E-state index < -0.39 is 5.67 Å². The predicted octanol–water partition coefficient (Wildman–Crippen LogP) is 3.07. The molecule has 4 bridgehead atoms. The van der Waals surface area contributed by atoms with E-state index in [0.29, 0.717) is 43.8 Å². The van der Waals surface area contributed by atoms with Gasteiger partial charge in [-0.2, -0.15) is 0 Å². The normalized spacial score (nSPS) is 56.2. The molecule has 4 saturated carbocycles. The fourth-order valence-corrected chi connectivity index (χ4v) is 5.71. The van der Waals surface area contributed by atoms with E-state index in [9.17, 15) is 4.39 Å². The molecule has 0 N–H and O–H groups in total. The molecule has 1 aliphatic heterocycles. The van der Waals surface area contributed by atoms with Gasteiger partial charge in [0.25, 0.3) is 0 Å². The Morgan fingerprint density at radius 1 is 1.05 bits per heavy atom. The largest absolute Gasteiger partial charge is 0.370 e. The number of ether oxygens (including phenoxy) is 3. The van der Waals surface area contributed by atoms with E-state index in [0.717, 1.165) is 19.3 Å². The van der Waals surface area contributed by atoms with Crippen LogP contribution in [0.1, 0.15) is 46.0 Å². The lowest BCUT2D eigenvalue weighted by atomic mass is 9.46. The standard InChI is InChI=1S/C16H25FO3/c1-3-18-13-14(19-4-2)20-16(13)11-5-10-6-12(16)9-15(17,7-10)8-11/h10-14H,3-9H2,1-2H3/t10?,11-,12+,13-,14-,15?,16?/m1/s1. The first-order valence-electron chi connectivity index (χ1n) is 8.21. The van der Waals surface area contributed by atoms with Crippen LogP contribution in [0.2, 0.25) is 0 Å². The van der Waals surface area contributed by atoms with Gasteiger partial charge in [-0.1, -0.05) is 0 Å². The molecule has 3 nitrogen and oxygen atoms in total. The van der Waals surface area contributed by atoms with Crippen LogP contribution < -0.4 is 0 Å². The number of rotatable bonds is 4. The molecule has 1 heterocycles. The lowest BCUT2D eigenvalue weighted by molar-refractivity contribution is -0.432. The average Bonchev–Trinajstić information content (AvgIpc) is 2.37. The topological polar surface area (TPSA) is 27.7 Å². The SMILES string of the molecule is CCO[C@@H]1OC2([C@@H]3CC4C[C@H]2CC(F)(C4)C3)[C@@H]1OCC. The molecule has 0 radical (unpaired) electrons. The number of hydrogen-bond donors (Lipinski definition) is 0. The summed E-state index contributed by atoms with van der Waals surface area (Å²) in [6.45, 7) is 5.30. The Hall–Kier alpha value is -0.190. The van der Waals surface area contributed by atoms with Crippen molar-refractivity contribution in [3.8, 4) is 0 Å². The lowest BCUT2D eigenvalue weighted by Crippen LogP contribution is -2.78. The monoisotopic (exact) mass is 284 g/mol. The van der Waals surface area contributed by atoms with Crippen molar-refractivity contribution < 1.29 is 18.6 Å². The zero-order valence-electron chi connectivity index (χ0n) is 12.4. The van der Waals surface area contributed by atoms with E-state index in [1.54, 1.807) is 0 Å². The van der Waals surface area contributed by atoms with Gasteiger partial charge >= 0.3 is 0 Å². The minimum Gasteiger partial charge on any atom is -0.370 e. The predicted molar refractivity (Wildman–Crippen MR) is 72.0 cm³/mol. The van der Waals surface area contributed by atoms with Crippen LogP contribution in [-0.4, -0.2) is 36.9 Å². The third kappa shape index (κ3) is 1.62. The van der Waals surface area contributed by atoms with E-state index >= 15 is 0 Å². The molecule has 1 spiro atoms. The highest BCUT2D eigenvalue weighted by atomic mass is 19.1. The van der Waals surface area contributed by atoms with E-state index in [-0.39, 0.29) is 18.0 Å². The van der Waals surface area contributed by atoms with Crippen molar-refractivity contribution in [1.82, 2.24) is 0 Å². The fourth-order valence-electron chi connectivity index (χ4n) is 5.71. The smallest absolute Gasteiger partial charge is 0.187 e. The molecule has 0 amide bonds. The summed E-state index contributed by atoms with van der Waals surface area (Å²) in [7, 11) is 0. The molecule has 3 unspecified atom stereocenters. The quantitative estimate of drug-likeness (QED) is 0.794. The molecule has 1 saturated heterocycles. The summed E-state index contributed by atoms with van der Waals surface area (Å²) in [5.74, 6) is 1.22. The highest BCUT2D eigenvalue weighted by molar-refractivity contribution is 5.19. The molecule has 7 atom stereocenters.